The molecule has 4 rings (SSSR count). The largest absolute Gasteiger partial charge is 0.462 e. The lowest BCUT2D eigenvalue weighted by molar-refractivity contribution is -0.142. The van der Waals surface area contributed by atoms with E-state index in [1.54, 1.807) is 4.90 Å². The van der Waals surface area contributed by atoms with E-state index < -0.39 is 29.5 Å². The minimum atomic E-state index is -0.780. The lowest BCUT2D eigenvalue weighted by Gasteiger charge is -2.37. The number of hydrogen-bond donors (Lipinski definition) is 2. The van der Waals surface area contributed by atoms with Crippen molar-refractivity contribution in [2.45, 2.75) is 123 Å². The summed E-state index contributed by atoms with van der Waals surface area (Å²) < 4.78 is 30.9. The Kier molecular flexibility index (Phi) is 13.7. The van der Waals surface area contributed by atoms with Gasteiger partial charge in [0.2, 0.25) is 11.8 Å². The number of hydrogen-bond acceptors (Lipinski definition) is 7. The Morgan fingerprint density at radius 3 is 2.33 bits per heavy atom. The summed E-state index contributed by atoms with van der Waals surface area (Å²) in [6, 6.07) is 3.25. The van der Waals surface area contributed by atoms with Crippen LogP contribution in [0.3, 0.4) is 0 Å². The highest BCUT2D eigenvalue weighted by Crippen LogP contribution is 2.41. The van der Waals surface area contributed by atoms with Crippen molar-refractivity contribution in [3.05, 3.63) is 29.6 Å². The first-order valence-corrected chi connectivity index (χ1v) is 18.0. The third kappa shape index (κ3) is 10.4. The molecule has 0 bridgehead atoms. The molecule has 2 N–H and O–H groups in total. The molecule has 1 aliphatic heterocycles. The number of carbonyl (C=O) groups excluding carboxylic acids is 4. The van der Waals surface area contributed by atoms with Crippen LogP contribution < -0.4 is 10.6 Å². The molecule has 3 aliphatic rings. The Morgan fingerprint density at radius 2 is 1.69 bits per heavy atom. The lowest BCUT2D eigenvalue weighted by atomic mass is 9.76. The van der Waals surface area contributed by atoms with Crippen molar-refractivity contribution in [2.75, 3.05) is 31.7 Å². The summed E-state index contributed by atoms with van der Waals surface area (Å²) in [5, 5.41) is 5.83. The van der Waals surface area contributed by atoms with Gasteiger partial charge in [0.1, 0.15) is 17.5 Å². The molecule has 1 heterocycles. The summed E-state index contributed by atoms with van der Waals surface area (Å²) in [4.78, 5) is 54.6. The number of carbonyl (C=O) groups is 4. The highest BCUT2D eigenvalue weighted by molar-refractivity contribution is 5.98. The summed E-state index contributed by atoms with van der Waals surface area (Å²) in [7, 11) is 0. The molecule has 2 aliphatic carbocycles. The zero-order valence-corrected chi connectivity index (χ0v) is 29.5. The molecule has 0 spiro atoms. The molecule has 3 amide bonds. The number of benzene rings is 1. The third-order valence-electron chi connectivity index (χ3n) is 10.2. The summed E-state index contributed by atoms with van der Waals surface area (Å²) in [5.74, 6) is -1.40. The van der Waals surface area contributed by atoms with Crippen LogP contribution >= 0.6 is 0 Å². The fraction of sp³-hybridized carbons (Fsp3) is 0.730. The number of rotatable bonds is 12. The molecular formula is C37H56FN3O7. The topological polar surface area (TPSA) is 123 Å². The van der Waals surface area contributed by atoms with Crippen LogP contribution in [0.5, 0.6) is 0 Å². The Morgan fingerprint density at radius 1 is 0.979 bits per heavy atom. The number of alkyl carbamates (subject to hydrolysis) is 1. The van der Waals surface area contributed by atoms with E-state index in [2.05, 4.69) is 10.6 Å². The first kappa shape index (κ1) is 37.6. The quantitative estimate of drug-likeness (QED) is 0.184. The molecule has 3 atom stereocenters. The van der Waals surface area contributed by atoms with Crippen LogP contribution in [0.4, 0.5) is 14.9 Å². The second-order valence-corrected chi connectivity index (χ2v) is 14.7. The lowest BCUT2D eigenvalue weighted by Crippen LogP contribution is -2.50. The third-order valence-corrected chi connectivity index (χ3v) is 10.2. The first-order chi connectivity index (χ1) is 22.9. The monoisotopic (exact) mass is 673 g/mol. The number of ether oxygens (including phenoxy) is 3. The maximum absolute atomic E-state index is 15.0. The van der Waals surface area contributed by atoms with Gasteiger partial charge >= 0.3 is 12.1 Å². The van der Waals surface area contributed by atoms with Crippen LogP contribution in [0.25, 0.3) is 0 Å². The minimum Gasteiger partial charge on any atom is -0.462 e. The van der Waals surface area contributed by atoms with Crippen LogP contribution in [0, 0.1) is 29.5 Å². The van der Waals surface area contributed by atoms with E-state index in [0.29, 0.717) is 44.9 Å². The molecular weight excluding hydrogens is 617 g/mol. The van der Waals surface area contributed by atoms with Gasteiger partial charge in [-0.25, -0.2) is 14.0 Å². The van der Waals surface area contributed by atoms with Gasteiger partial charge in [-0.05, 0) is 103 Å². The Bertz CT molecular complexity index is 1250. The maximum atomic E-state index is 15.0. The minimum absolute atomic E-state index is 0.00766. The van der Waals surface area contributed by atoms with E-state index in [-0.39, 0.29) is 53.5 Å². The van der Waals surface area contributed by atoms with E-state index >= 15 is 4.39 Å². The average Bonchev–Trinajstić information content (AvgIpc) is 3.49. The van der Waals surface area contributed by atoms with Crippen LogP contribution in [-0.4, -0.2) is 72.8 Å². The van der Waals surface area contributed by atoms with Crippen molar-refractivity contribution in [1.82, 2.24) is 10.2 Å². The normalized spacial score (nSPS) is 24.1. The van der Waals surface area contributed by atoms with Gasteiger partial charge in [0.25, 0.3) is 0 Å². The summed E-state index contributed by atoms with van der Waals surface area (Å²) in [6.45, 7) is 11.0. The number of anilines is 1. The molecule has 1 unspecified atom stereocenters. The number of nitrogens with one attached hydrogen (secondary N) is 2. The van der Waals surface area contributed by atoms with Gasteiger partial charge in [0, 0.05) is 43.8 Å². The van der Waals surface area contributed by atoms with Crippen molar-refractivity contribution in [3.63, 3.8) is 0 Å². The van der Waals surface area contributed by atoms with Crippen LogP contribution in [0.15, 0.2) is 18.2 Å². The van der Waals surface area contributed by atoms with Crippen LogP contribution in [0.2, 0.25) is 0 Å². The fourth-order valence-corrected chi connectivity index (χ4v) is 7.69. The van der Waals surface area contributed by atoms with Crippen LogP contribution in [0.1, 0.15) is 116 Å². The zero-order chi connectivity index (χ0) is 34.8. The van der Waals surface area contributed by atoms with Gasteiger partial charge in [0.15, 0.2) is 0 Å². The van der Waals surface area contributed by atoms with Gasteiger partial charge in [-0.3, -0.25) is 9.59 Å². The zero-order valence-electron chi connectivity index (χ0n) is 29.5. The van der Waals surface area contributed by atoms with Gasteiger partial charge < -0.3 is 29.7 Å². The average molecular weight is 674 g/mol. The smallest absolute Gasteiger partial charge is 0.407 e. The van der Waals surface area contributed by atoms with E-state index in [4.69, 9.17) is 14.2 Å². The van der Waals surface area contributed by atoms with E-state index in [9.17, 15) is 19.2 Å². The standard InChI is InChI=1S/C37H56FN3O7/c1-6-46-21-10-22-47-35(44)30-18-17-28(23-31(30)38)40-33(42)32-29(26-11-8-7-9-12-26)19-20-41(32)34(43)27-15-13-25(14-16-27)24(2)39-36(45)48-37(3,4)5/h17-18,23-27,29,32H,6-16,19-22H2,1-5H3,(H,39,45)(H,40,42)/t24?,25?,27?,29-,32+/m0/s1. The molecule has 48 heavy (non-hydrogen) atoms. The van der Waals surface area contributed by atoms with E-state index in [0.717, 1.165) is 51.0 Å². The molecule has 3 fully saturated rings. The highest BCUT2D eigenvalue weighted by atomic mass is 19.1. The molecule has 1 aromatic carbocycles. The molecule has 0 radical (unpaired) electrons. The van der Waals surface area contributed by atoms with Crippen molar-refractivity contribution in [1.29, 1.82) is 0 Å². The molecule has 10 nitrogen and oxygen atoms in total. The second-order valence-electron chi connectivity index (χ2n) is 14.7. The van der Waals surface area contributed by atoms with Gasteiger partial charge in [0.05, 0.1) is 12.2 Å². The fourth-order valence-electron chi connectivity index (χ4n) is 7.69. The number of esters is 1. The van der Waals surface area contributed by atoms with Gasteiger partial charge in [-0.15, -0.1) is 0 Å². The van der Waals surface area contributed by atoms with Gasteiger partial charge in [-0.1, -0.05) is 32.1 Å². The summed E-state index contributed by atoms with van der Waals surface area (Å²) in [6.07, 6.45) is 9.34. The molecule has 2 saturated carbocycles. The second kappa shape index (κ2) is 17.4. The van der Waals surface area contributed by atoms with Crippen molar-refractivity contribution in [2.24, 2.45) is 23.7 Å². The van der Waals surface area contributed by atoms with E-state index in [1.165, 1.54) is 18.6 Å². The predicted octanol–water partition coefficient (Wildman–Crippen LogP) is 6.86. The Labute approximate surface area is 285 Å². The van der Waals surface area contributed by atoms with Gasteiger partial charge in [-0.2, -0.15) is 0 Å². The number of likely N-dealkylation sites (tertiary alicyclic amines) is 1. The highest BCUT2D eigenvalue weighted by Gasteiger charge is 2.47. The Hall–Kier alpha value is -3.21. The van der Waals surface area contributed by atoms with Crippen molar-refractivity contribution >= 4 is 29.6 Å². The predicted molar refractivity (Wildman–Crippen MR) is 181 cm³/mol. The number of nitrogens with zero attached hydrogens (tertiary/aromatic N) is 1. The van der Waals surface area contributed by atoms with E-state index in [1.807, 2.05) is 34.6 Å². The first-order valence-electron chi connectivity index (χ1n) is 18.0. The molecule has 1 saturated heterocycles. The van der Waals surface area contributed by atoms with Crippen molar-refractivity contribution < 1.29 is 37.8 Å². The summed E-state index contributed by atoms with van der Waals surface area (Å²) in [5.41, 5.74) is -0.537. The Balaban J connectivity index is 1.39. The summed E-state index contributed by atoms with van der Waals surface area (Å²) >= 11 is 0. The molecule has 268 valence electrons. The maximum Gasteiger partial charge on any atom is 0.407 e. The molecule has 1 aromatic rings. The SMILES string of the molecule is CCOCCCOC(=O)c1ccc(NC(=O)[C@H]2[C@H](C3CCCCC3)CCN2C(=O)C2CCC(C(C)NC(=O)OC(C)(C)C)CC2)cc1F. The molecule has 11 heteroatoms. The number of halogens is 1. The van der Waals surface area contributed by atoms with Crippen molar-refractivity contribution in [3.8, 4) is 0 Å². The molecule has 0 aromatic heterocycles. The van der Waals surface area contributed by atoms with Crippen LogP contribution in [-0.2, 0) is 23.8 Å². The number of amides is 3.